The molecule has 0 heterocycles. The highest BCUT2D eigenvalue weighted by molar-refractivity contribution is 6.69. The fraction of sp³-hybridized carbons (Fsp3) is 0.963. The second-order valence-electron chi connectivity index (χ2n) is 9.73. The quantitative estimate of drug-likeness (QED) is 0.0719. The summed E-state index contributed by atoms with van der Waals surface area (Å²) in [6, 6.07) is 0. The molecule has 0 aromatic rings. The van der Waals surface area contributed by atoms with Crippen LogP contribution < -0.4 is 0 Å². The Kier molecular flexibility index (Phi) is 28.0. The van der Waals surface area contributed by atoms with Crippen LogP contribution in [0, 0.1) is 0 Å². The van der Waals surface area contributed by atoms with Crippen LogP contribution in [0.2, 0.25) is 19.6 Å². The predicted octanol–water partition coefficient (Wildman–Crippen LogP) is 4.62. The highest BCUT2D eigenvalue weighted by atomic mass is 28.4. The first kappa shape index (κ1) is 36.4. The maximum Gasteiger partial charge on any atom is 0.305 e. The molecule has 0 aromatic heterocycles. The van der Waals surface area contributed by atoms with E-state index >= 15 is 0 Å². The second kappa shape index (κ2) is 28.4. The van der Waals surface area contributed by atoms with Crippen LogP contribution in [0.15, 0.2) is 0 Å². The van der Waals surface area contributed by atoms with Gasteiger partial charge in [0.25, 0.3) is 0 Å². The second-order valence-corrected chi connectivity index (χ2v) is 14.2. The molecule has 0 bridgehead atoms. The van der Waals surface area contributed by atoms with Crippen molar-refractivity contribution in [1.82, 2.24) is 0 Å². The molecule has 0 spiro atoms. The molecule has 37 heavy (non-hydrogen) atoms. The zero-order chi connectivity index (χ0) is 27.3. The van der Waals surface area contributed by atoms with Crippen molar-refractivity contribution < 1.29 is 42.4 Å². The topological polar surface area (TPSA) is 90.9 Å². The first-order valence-electron chi connectivity index (χ1n) is 14.2. The lowest BCUT2D eigenvalue weighted by Gasteiger charge is -2.16. The molecule has 9 nitrogen and oxygen atoms in total. The number of carbonyl (C=O) groups excluding carboxylic acids is 1. The first-order chi connectivity index (χ1) is 18.0. The largest absolute Gasteiger partial charge is 0.463 e. The molecule has 0 saturated carbocycles. The Balaban J connectivity index is 3.13. The molecule has 0 aromatic carbocycles. The van der Waals surface area contributed by atoms with Gasteiger partial charge in [0.2, 0.25) is 0 Å². The standard InChI is InChI=1S/C27H56O9Si/c1-5-6-7-8-9-10-11-12-27(28)35-25-23-33-21-19-31-17-15-29-13-14-30-16-18-32-20-22-34-24-26-36-37(2,3)4/h5-26H2,1-4H3. The van der Waals surface area contributed by atoms with Gasteiger partial charge < -0.3 is 37.6 Å². The summed E-state index contributed by atoms with van der Waals surface area (Å²) in [5.41, 5.74) is 0. The lowest BCUT2D eigenvalue weighted by Crippen LogP contribution is -2.27. The van der Waals surface area contributed by atoms with Crippen molar-refractivity contribution in [3.63, 3.8) is 0 Å². The minimum atomic E-state index is -1.44. The van der Waals surface area contributed by atoms with Gasteiger partial charge in [-0.15, -0.1) is 0 Å². The third-order valence-electron chi connectivity index (χ3n) is 5.10. The summed E-state index contributed by atoms with van der Waals surface area (Å²) in [4.78, 5) is 11.7. The molecule has 0 amide bonds. The molecule has 0 aliphatic heterocycles. The minimum Gasteiger partial charge on any atom is -0.463 e. The number of carbonyl (C=O) groups is 1. The van der Waals surface area contributed by atoms with Crippen molar-refractivity contribution in [3.05, 3.63) is 0 Å². The van der Waals surface area contributed by atoms with E-state index in [4.69, 9.17) is 37.6 Å². The number of rotatable bonds is 30. The maximum absolute atomic E-state index is 11.7. The van der Waals surface area contributed by atoms with Crippen molar-refractivity contribution in [1.29, 1.82) is 0 Å². The van der Waals surface area contributed by atoms with Crippen molar-refractivity contribution in [2.45, 2.75) is 77.9 Å². The zero-order valence-corrected chi connectivity index (χ0v) is 25.2. The van der Waals surface area contributed by atoms with Crippen molar-refractivity contribution in [2.24, 2.45) is 0 Å². The number of hydrogen-bond acceptors (Lipinski definition) is 9. The normalized spacial score (nSPS) is 11.8. The lowest BCUT2D eigenvalue weighted by atomic mass is 10.1. The molecule has 222 valence electrons. The summed E-state index contributed by atoms with van der Waals surface area (Å²) < 4.78 is 43.6. The van der Waals surface area contributed by atoms with Gasteiger partial charge in [-0.05, 0) is 26.1 Å². The van der Waals surface area contributed by atoms with E-state index in [0.717, 1.165) is 12.8 Å². The van der Waals surface area contributed by atoms with Crippen LogP contribution in [0.3, 0.4) is 0 Å². The van der Waals surface area contributed by atoms with E-state index in [0.29, 0.717) is 98.9 Å². The molecular formula is C27H56O9Si. The van der Waals surface area contributed by atoms with Crippen molar-refractivity contribution in [2.75, 3.05) is 92.5 Å². The van der Waals surface area contributed by atoms with E-state index in [-0.39, 0.29) is 5.97 Å². The van der Waals surface area contributed by atoms with Crippen LogP contribution in [0.1, 0.15) is 58.3 Å². The van der Waals surface area contributed by atoms with Crippen molar-refractivity contribution >= 4 is 14.3 Å². The highest BCUT2D eigenvalue weighted by Crippen LogP contribution is 2.08. The van der Waals surface area contributed by atoms with Crippen LogP contribution in [0.5, 0.6) is 0 Å². The summed E-state index contributed by atoms with van der Waals surface area (Å²) in [5, 5.41) is 0. The van der Waals surface area contributed by atoms with Crippen LogP contribution in [0.25, 0.3) is 0 Å². The van der Waals surface area contributed by atoms with Gasteiger partial charge >= 0.3 is 5.97 Å². The van der Waals surface area contributed by atoms with Gasteiger partial charge in [0, 0.05) is 6.42 Å². The predicted molar refractivity (Wildman–Crippen MR) is 148 cm³/mol. The van der Waals surface area contributed by atoms with E-state index in [1.165, 1.54) is 32.1 Å². The Morgan fingerprint density at radius 3 is 1.24 bits per heavy atom. The molecule has 0 fully saturated rings. The Hall–Kier alpha value is -0.593. The van der Waals surface area contributed by atoms with E-state index in [1.807, 2.05) is 0 Å². The van der Waals surface area contributed by atoms with Gasteiger partial charge in [0.15, 0.2) is 8.32 Å². The van der Waals surface area contributed by atoms with E-state index in [1.54, 1.807) is 0 Å². The molecule has 0 radical (unpaired) electrons. The summed E-state index contributed by atoms with van der Waals surface area (Å²) in [6.07, 6.45) is 8.85. The molecule has 0 aliphatic carbocycles. The molecule has 0 N–H and O–H groups in total. The number of hydrogen-bond donors (Lipinski definition) is 0. The lowest BCUT2D eigenvalue weighted by molar-refractivity contribution is -0.145. The molecular weight excluding hydrogens is 496 g/mol. The van der Waals surface area contributed by atoms with Gasteiger partial charge in [-0.1, -0.05) is 45.4 Å². The summed E-state index contributed by atoms with van der Waals surface area (Å²) in [6.45, 7) is 15.8. The Labute approximate surface area is 227 Å². The molecule has 0 unspecified atom stereocenters. The Morgan fingerprint density at radius 1 is 0.486 bits per heavy atom. The maximum atomic E-state index is 11.7. The number of ether oxygens (including phenoxy) is 7. The van der Waals surface area contributed by atoms with Gasteiger partial charge in [-0.25, -0.2) is 0 Å². The summed E-state index contributed by atoms with van der Waals surface area (Å²) in [7, 11) is -1.44. The molecule has 0 aliphatic rings. The smallest absolute Gasteiger partial charge is 0.305 e. The third-order valence-corrected chi connectivity index (χ3v) is 6.17. The fourth-order valence-electron chi connectivity index (χ4n) is 3.12. The van der Waals surface area contributed by atoms with Gasteiger partial charge in [0.1, 0.15) is 6.61 Å². The van der Waals surface area contributed by atoms with Gasteiger partial charge in [-0.3, -0.25) is 4.79 Å². The summed E-state index contributed by atoms with van der Waals surface area (Å²) in [5.74, 6) is -0.133. The number of esters is 1. The van der Waals surface area contributed by atoms with E-state index in [9.17, 15) is 4.79 Å². The SMILES string of the molecule is CCCCCCCCCC(=O)OCCOCCOCCOCCOCCOCCOCCO[Si](C)(C)C. The fourth-order valence-corrected chi connectivity index (χ4v) is 3.82. The van der Waals surface area contributed by atoms with E-state index < -0.39 is 8.32 Å². The molecule has 0 atom stereocenters. The number of unbranched alkanes of at least 4 members (excludes halogenated alkanes) is 6. The minimum absolute atomic E-state index is 0.133. The zero-order valence-electron chi connectivity index (χ0n) is 24.2. The van der Waals surface area contributed by atoms with Crippen LogP contribution in [0.4, 0.5) is 0 Å². The van der Waals surface area contributed by atoms with Crippen LogP contribution >= 0.6 is 0 Å². The molecule has 0 saturated heterocycles. The van der Waals surface area contributed by atoms with Crippen LogP contribution in [-0.4, -0.2) is 107 Å². The molecule has 0 rings (SSSR count). The average Bonchev–Trinajstić information content (AvgIpc) is 2.86. The van der Waals surface area contributed by atoms with E-state index in [2.05, 4.69) is 26.6 Å². The average molecular weight is 553 g/mol. The van der Waals surface area contributed by atoms with Gasteiger partial charge in [0.05, 0.1) is 85.9 Å². The van der Waals surface area contributed by atoms with Crippen LogP contribution in [-0.2, 0) is 42.4 Å². The van der Waals surface area contributed by atoms with Gasteiger partial charge in [-0.2, -0.15) is 0 Å². The monoisotopic (exact) mass is 552 g/mol. The molecule has 10 heteroatoms. The van der Waals surface area contributed by atoms with Crippen molar-refractivity contribution in [3.8, 4) is 0 Å². The summed E-state index contributed by atoms with van der Waals surface area (Å²) >= 11 is 0. The Bertz CT molecular complexity index is 475. The Morgan fingerprint density at radius 2 is 0.838 bits per heavy atom. The third kappa shape index (κ3) is 33.4. The highest BCUT2D eigenvalue weighted by Gasteiger charge is 2.13. The first-order valence-corrected chi connectivity index (χ1v) is 17.6.